The van der Waals surface area contributed by atoms with Crippen molar-refractivity contribution in [2.24, 2.45) is 11.7 Å². The maximum atomic E-state index is 5.60. The van der Waals surface area contributed by atoms with Gasteiger partial charge < -0.3 is 20.7 Å². The zero-order valence-corrected chi connectivity index (χ0v) is 18.0. The molecule has 2 aromatic rings. The minimum Gasteiger partial charge on any atom is -0.497 e. The molecule has 3 rings (SSSR count). The van der Waals surface area contributed by atoms with Gasteiger partial charge in [-0.25, -0.2) is 0 Å². The van der Waals surface area contributed by atoms with Crippen molar-refractivity contribution >= 4 is 5.69 Å². The van der Waals surface area contributed by atoms with Crippen LogP contribution in [-0.4, -0.2) is 50.2 Å². The number of ether oxygens (including phenoxy) is 1. The van der Waals surface area contributed by atoms with Crippen LogP contribution < -0.4 is 15.8 Å². The first-order chi connectivity index (χ1) is 14.2. The number of methoxy groups -OCH3 is 1. The molecule has 1 aliphatic carbocycles. The zero-order valence-electron chi connectivity index (χ0n) is 18.0. The highest BCUT2D eigenvalue weighted by molar-refractivity contribution is 5.65. The largest absolute Gasteiger partial charge is 0.497 e. The average molecular weight is 397 g/mol. The first-order valence-electron chi connectivity index (χ1n) is 11.0. The molecule has 1 saturated carbocycles. The van der Waals surface area contributed by atoms with E-state index in [1.807, 2.05) is 12.1 Å². The van der Waals surface area contributed by atoms with Crippen LogP contribution in [0.1, 0.15) is 37.8 Å². The highest BCUT2D eigenvalue weighted by atomic mass is 16.5. The van der Waals surface area contributed by atoms with Gasteiger partial charge in [0.05, 0.1) is 12.8 Å². The summed E-state index contributed by atoms with van der Waals surface area (Å²) < 4.78 is 5.29. The number of nitrogens with two attached hydrogens (primary N) is 1. The van der Waals surface area contributed by atoms with E-state index in [2.05, 4.69) is 41.5 Å². The Hall–Kier alpha value is -2.11. The van der Waals surface area contributed by atoms with Gasteiger partial charge in [0.25, 0.3) is 0 Å². The molecule has 29 heavy (non-hydrogen) atoms. The van der Waals surface area contributed by atoms with Crippen LogP contribution >= 0.6 is 0 Å². The van der Waals surface area contributed by atoms with Crippen LogP contribution in [0.4, 0.5) is 5.69 Å². The molecular weight excluding hydrogens is 360 g/mol. The minimum absolute atomic E-state index is 0.761. The van der Waals surface area contributed by atoms with Gasteiger partial charge in [-0.2, -0.15) is 0 Å². The Bertz CT molecular complexity index is 743. The maximum Gasteiger partial charge on any atom is 0.118 e. The Balaban J connectivity index is 1.63. The summed E-state index contributed by atoms with van der Waals surface area (Å²) in [5.41, 5.74) is 10.1. The lowest BCUT2D eigenvalue weighted by molar-refractivity contribution is 0.330. The molecule has 158 valence electrons. The number of hydrogen-bond acceptors (Lipinski definition) is 5. The zero-order chi connectivity index (χ0) is 20.5. The minimum atomic E-state index is 0.761. The molecule has 0 spiro atoms. The van der Waals surface area contributed by atoms with Crippen LogP contribution in [0.2, 0.25) is 0 Å². The van der Waals surface area contributed by atoms with Gasteiger partial charge in [0.15, 0.2) is 0 Å². The molecule has 0 radical (unpaired) electrons. The number of nitrogens with one attached hydrogen (secondary N) is 1. The Morgan fingerprint density at radius 1 is 1.14 bits per heavy atom. The summed E-state index contributed by atoms with van der Waals surface area (Å²) >= 11 is 0. The van der Waals surface area contributed by atoms with Gasteiger partial charge >= 0.3 is 0 Å². The first-order valence-corrected chi connectivity index (χ1v) is 11.0. The Morgan fingerprint density at radius 3 is 2.59 bits per heavy atom. The number of benzene rings is 1. The number of pyridine rings is 1. The van der Waals surface area contributed by atoms with E-state index in [9.17, 15) is 0 Å². The van der Waals surface area contributed by atoms with E-state index in [4.69, 9.17) is 15.5 Å². The lowest BCUT2D eigenvalue weighted by Crippen LogP contribution is -2.24. The standard InChI is InChI=1S/C24H36N4O/c1-28(15-3-13-25)16-4-14-26-22-17-21(10-7-19-5-6-19)27-24(18-22)20-8-11-23(29-2)12-9-20/h8-9,11-12,17-19H,3-7,10,13-16,25H2,1-2H3,(H,26,27). The fourth-order valence-corrected chi connectivity index (χ4v) is 3.54. The van der Waals surface area contributed by atoms with Gasteiger partial charge in [0, 0.05) is 23.5 Å². The lowest BCUT2D eigenvalue weighted by Gasteiger charge is -2.16. The number of anilines is 1. The summed E-state index contributed by atoms with van der Waals surface area (Å²) in [6, 6.07) is 12.6. The number of rotatable bonds is 13. The van der Waals surface area contributed by atoms with Crippen molar-refractivity contribution in [3.63, 3.8) is 0 Å². The van der Waals surface area contributed by atoms with Gasteiger partial charge in [0.1, 0.15) is 5.75 Å². The van der Waals surface area contributed by atoms with Gasteiger partial charge in [0.2, 0.25) is 0 Å². The average Bonchev–Trinajstić information content (AvgIpc) is 3.58. The van der Waals surface area contributed by atoms with Crippen LogP contribution in [0.25, 0.3) is 11.3 Å². The summed E-state index contributed by atoms with van der Waals surface area (Å²) in [4.78, 5) is 7.30. The van der Waals surface area contributed by atoms with E-state index in [0.717, 1.165) is 68.4 Å². The molecule has 1 heterocycles. The Morgan fingerprint density at radius 2 is 1.90 bits per heavy atom. The van der Waals surface area contributed by atoms with E-state index < -0.39 is 0 Å². The van der Waals surface area contributed by atoms with Crippen molar-refractivity contribution in [3.05, 3.63) is 42.1 Å². The van der Waals surface area contributed by atoms with E-state index in [-0.39, 0.29) is 0 Å². The fraction of sp³-hybridized carbons (Fsp3) is 0.542. The Labute approximate surface area is 175 Å². The topological polar surface area (TPSA) is 63.4 Å². The molecule has 0 amide bonds. The third kappa shape index (κ3) is 7.33. The van der Waals surface area contributed by atoms with E-state index in [1.165, 1.54) is 30.6 Å². The number of aromatic nitrogens is 1. The normalized spacial score (nSPS) is 13.7. The van der Waals surface area contributed by atoms with Crippen molar-refractivity contribution in [2.75, 3.05) is 45.7 Å². The lowest BCUT2D eigenvalue weighted by atomic mass is 10.1. The number of aryl methyl sites for hydroxylation is 1. The number of hydrogen-bond donors (Lipinski definition) is 2. The van der Waals surface area contributed by atoms with Crippen molar-refractivity contribution in [3.8, 4) is 17.0 Å². The van der Waals surface area contributed by atoms with Crippen molar-refractivity contribution in [1.82, 2.24) is 9.88 Å². The summed E-state index contributed by atoms with van der Waals surface area (Å²) in [7, 11) is 3.86. The molecule has 0 saturated heterocycles. The van der Waals surface area contributed by atoms with Crippen LogP contribution in [0.3, 0.4) is 0 Å². The van der Waals surface area contributed by atoms with Crippen LogP contribution in [-0.2, 0) is 6.42 Å². The van der Waals surface area contributed by atoms with E-state index in [0.29, 0.717) is 0 Å². The molecule has 3 N–H and O–H groups in total. The fourth-order valence-electron chi connectivity index (χ4n) is 3.54. The maximum absolute atomic E-state index is 5.60. The Kier molecular flexibility index (Phi) is 8.32. The monoisotopic (exact) mass is 396 g/mol. The highest BCUT2D eigenvalue weighted by Gasteiger charge is 2.21. The summed E-state index contributed by atoms with van der Waals surface area (Å²) in [6.45, 7) is 3.87. The van der Waals surface area contributed by atoms with Gasteiger partial charge in [-0.3, -0.25) is 4.98 Å². The molecule has 0 aliphatic heterocycles. The van der Waals surface area contributed by atoms with E-state index in [1.54, 1.807) is 7.11 Å². The summed E-state index contributed by atoms with van der Waals surface area (Å²) in [5, 5.41) is 3.62. The predicted octanol–water partition coefficient (Wildman–Crippen LogP) is 4.18. The van der Waals surface area contributed by atoms with Crippen molar-refractivity contribution < 1.29 is 4.74 Å². The van der Waals surface area contributed by atoms with Crippen LogP contribution in [0.15, 0.2) is 36.4 Å². The smallest absolute Gasteiger partial charge is 0.118 e. The quantitative estimate of drug-likeness (QED) is 0.497. The molecule has 1 aromatic carbocycles. The molecule has 1 aliphatic rings. The third-order valence-corrected chi connectivity index (χ3v) is 5.56. The molecule has 5 heteroatoms. The van der Waals surface area contributed by atoms with Crippen LogP contribution in [0, 0.1) is 5.92 Å². The molecule has 5 nitrogen and oxygen atoms in total. The van der Waals surface area contributed by atoms with Crippen molar-refractivity contribution in [2.45, 2.75) is 38.5 Å². The van der Waals surface area contributed by atoms with Crippen molar-refractivity contribution in [1.29, 1.82) is 0 Å². The predicted molar refractivity (Wildman–Crippen MR) is 122 cm³/mol. The molecule has 1 aromatic heterocycles. The molecule has 0 atom stereocenters. The highest BCUT2D eigenvalue weighted by Crippen LogP contribution is 2.34. The summed E-state index contributed by atoms with van der Waals surface area (Å²) in [5.74, 6) is 1.79. The van der Waals surface area contributed by atoms with Gasteiger partial charge in [-0.1, -0.05) is 12.8 Å². The molecule has 0 bridgehead atoms. The molecule has 0 unspecified atom stereocenters. The second kappa shape index (κ2) is 11.2. The number of nitrogens with zero attached hydrogens (tertiary/aromatic N) is 2. The van der Waals surface area contributed by atoms with Crippen LogP contribution in [0.5, 0.6) is 5.75 Å². The second-order valence-corrected chi connectivity index (χ2v) is 8.17. The van der Waals surface area contributed by atoms with E-state index >= 15 is 0 Å². The first kappa shape index (κ1) is 21.6. The molecule has 1 fully saturated rings. The SMILES string of the molecule is COc1ccc(-c2cc(NCCCN(C)CCCN)cc(CCC3CC3)n2)cc1. The third-order valence-electron chi connectivity index (χ3n) is 5.56. The van der Waals surface area contributed by atoms with Gasteiger partial charge in [-0.15, -0.1) is 0 Å². The summed E-state index contributed by atoms with van der Waals surface area (Å²) in [6.07, 6.45) is 7.26. The molecular formula is C24H36N4O. The second-order valence-electron chi connectivity index (χ2n) is 8.17. The van der Waals surface area contributed by atoms with Gasteiger partial charge in [-0.05, 0) is 94.7 Å².